The van der Waals surface area contributed by atoms with E-state index >= 15 is 0 Å². The van der Waals surface area contributed by atoms with Crippen molar-refractivity contribution in [3.8, 4) is 5.75 Å². The highest BCUT2D eigenvalue weighted by atomic mass is 16.6. The maximum atomic E-state index is 12.6. The summed E-state index contributed by atoms with van der Waals surface area (Å²) in [6.07, 6.45) is 1.52. The molecule has 1 aromatic heterocycles. The van der Waals surface area contributed by atoms with E-state index in [9.17, 15) is 9.59 Å². The number of alkyl carbamates (subject to hydrolysis) is 1. The molecule has 0 bridgehead atoms. The number of hydrogen-bond donors (Lipinski definition) is 2. The summed E-state index contributed by atoms with van der Waals surface area (Å²) in [4.78, 5) is 29.2. The number of hydrazone groups is 1. The summed E-state index contributed by atoms with van der Waals surface area (Å²) in [6.45, 7) is 9.12. The number of nitrogens with one attached hydrogen (secondary N) is 2. The molecule has 1 heterocycles. The Labute approximate surface area is 177 Å². The summed E-state index contributed by atoms with van der Waals surface area (Å²) < 4.78 is 10.5. The van der Waals surface area contributed by atoms with Crippen LogP contribution in [0.2, 0.25) is 0 Å². The molecule has 1 unspecified atom stereocenters. The van der Waals surface area contributed by atoms with Crippen molar-refractivity contribution in [2.45, 2.75) is 52.7 Å². The highest BCUT2D eigenvalue weighted by Crippen LogP contribution is 2.19. The van der Waals surface area contributed by atoms with Gasteiger partial charge in [-0.05, 0) is 51.0 Å². The highest BCUT2D eigenvalue weighted by Gasteiger charge is 2.28. The van der Waals surface area contributed by atoms with Crippen molar-refractivity contribution in [2.24, 2.45) is 11.0 Å². The molecule has 0 spiro atoms. The molecular formula is C22H30N4O4. The first-order chi connectivity index (χ1) is 14.1. The number of fused-ring (bicyclic) bond motifs is 1. The van der Waals surface area contributed by atoms with Gasteiger partial charge in [-0.1, -0.05) is 26.3 Å². The molecule has 1 aromatic carbocycles. The lowest BCUT2D eigenvalue weighted by Crippen LogP contribution is -2.50. The second-order valence-electron chi connectivity index (χ2n) is 8.04. The summed E-state index contributed by atoms with van der Waals surface area (Å²) in [7, 11) is 1.61. The molecule has 0 radical (unpaired) electrons. The molecule has 0 aliphatic carbocycles. The molecule has 2 atom stereocenters. The fourth-order valence-electron chi connectivity index (χ4n) is 2.69. The van der Waals surface area contributed by atoms with Crippen molar-refractivity contribution in [2.75, 3.05) is 7.11 Å². The van der Waals surface area contributed by atoms with Gasteiger partial charge in [0.15, 0.2) is 0 Å². The van der Waals surface area contributed by atoms with Crippen LogP contribution in [0.25, 0.3) is 10.9 Å². The maximum Gasteiger partial charge on any atom is 0.408 e. The predicted octanol–water partition coefficient (Wildman–Crippen LogP) is 3.63. The van der Waals surface area contributed by atoms with Crippen LogP contribution in [0.1, 0.15) is 46.7 Å². The lowest BCUT2D eigenvalue weighted by Gasteiger charge is -2.25. The standard InChI is InChI=1S/C22H30N4O4/c1-7-14(2)19(25-21(28)30-22(3,4)5)20(27)26-23-13-16-9-8-15-12-17(29-6)10-11-18(15)24-16/h8-14,19H,7H2,1-6H3,(H,25,28)(H,26,27)/t14?,19-/m0/s1. The molecule has 8 nitrogen and oxygen atoms in total. The molecule has 2 rings (SSSR count). The van der Waals surface area contributed by atoms with Crippen molar-refractivity contribution < 1.29 is 19.1 Å². The van der Waals surface area contributed by atoms with Crippen LogP contribution >= 0.6 is 0 Å². The minimum Gasteiger partial charge on any atom is -0.497 e. The Morgan fingerprint density at radius 2 is 1.97 bits per heavy atom. The smallest absolute Gasteiger partial charge is 0.408 e. The van der Waals surface area contributed by atoms with Crippen molar-refractivity contribution in [1.29, 1.82) is 0 Å². The molecule has 2 aromatic rings. The Kier molecular flexibility index (Phi) is 7.74. The second kappa shape index (κ2) is 10.0. The lowest BCUT2D eigenvalue weighted by molar-refractivity contribution is -0.124. The van der Waals surface area contributed by atoms with E-state index in [1.54, 1.807) is 33.9 Å². The van der Waals surface area contributed by atoms with Gasteiger partial charge >= 0.3 is 6.09 Å². The maximum absolute atomic E-state index is 12.6. The normalized spacial score (nSPS) is 13.7. The minimum atomic E-state index is -0.765. The Balaban J connectivity index is 2.05. The van der Waals surface area contributed by atoms with Gasteiger partial charge in [-0.25, -0.2) is 15.2 Å². The molecule has 0 saturated carbocycles. The van der Waals surface area contributed by atoms with Crippen molar-refractivity contribution in [1.82, 2.24) is 15.7 Å². The highest BCUT2D eigenvalue weighted by molar-refractivity contribution is 5.88. The van der Waals surface area contributed by atoms with E-state index in [4.69, 9.17) is 9.47 Å². The van der Waals surface area contributed by atoms with Gasteiger partial charge in [0.1, 0.15) is 17.4 Å². The quantitative estimate of drug-likeness (QED) is 0.532. The molecule has 2 amide bonds. The van der Waals surface area contributed by atoms with E-state index in [2.05, 4.69) is 20.8 Å². The Bertz CT molecular complexity index is 921. The summed E-state index contributed by atoms with van der Waals surface area (Å²) >= 11 is 0. The second-order valence-corrected chi connectivity index (χ2v) is 8.04. The lowest BCUT2D eigenvalue weighted by atomic mass is 9.99. The number of pyridine rings is 1. The first-order valence-corrected chi connectivity index (χ1v) is 9.90. The zero-order valence-electron chi connectivity index (χ0n) is 18.4. The van der Waals surface area contributed by atoms with Crippen molar-refractivity contribution >= 4 is 29.1 Å². The first-order valence-electron chi connectivity index (χ1n) is 9.90. The van der Waals surface area contributed by atoms with Crippen LogP contribution in [-0.4, -0.2) is 42.0 Å². The Morgan fingerprint density at radius 1 is 1.23 bits per heavy atom. The number of carbonyl (C=O) groups excluding carboxylic acids is 2. The molecular weight excluding hydrogens is 384 g/mol. The number of carbonyl (C=O) groups is 2. The van der Waals surface area contributed by atoms with Crippen molar-refractivity contribution in [3.05, 3.63) is 36.0 Å². The van der Waals surface area contributed by atoms with Crippen LogP contribution in [0.15, 0.2) is 35.4 Å². The minimum absolute atomic E-state index is 0.0958. The van der Waals surface area contributed by atoms with E-state index in [1.807, 2.05) is 38.1 Å². The van der Waals surface area contributed by atoms with Crippen LogP contribution < -0.4 is 15.5 Å². The number of aromatic nitrogens is 1. The zero-order chi connectivity index (χ0) is 22.3. The first kappa shape index (κ1) is 23.1. The van der Waals surface area contributed by atoms with E-state index in [0.29, 0.717) is 12.1 Å². The zero-order valence-corrected chi connectivity index (χ0v) is 18.4. The number of nitrogens with zero attached hydrogens (tertiary/aromatic N) is 2. The molecule has 0 aliphatic heterocycles. The topological polar surface area (TPSA) is 102 Å². The molecule has 30 heavy (non-hydrogen) atoms. The predicted molar refractivity (Wildman–Crippen MR) is 117 cm³/mol. The monoisotopic (exact) mass is 414 g/mol. The average Bonchev–Trinajstić information content (AvgIpc) is 2.69. The number of rotatable bonds is 7. The Morgan fingerprint density at radius 3 is 2.60 bits per heavy atom. The van der Waals surface area contributed by atoms with Crippen LogP contribution in [-0.2, 0) is 9.53 Å². The van der Waals surface area contributed by atoms with Gasteiger partial charge < -0.3 is 14.8 Å². The van der Waals surface area contributed by atoms with Crippen LogP contribution in [0.5, 0.6) is 5.75 Å². The Hall–Kier alpha value is -3.16. The molecule has 8 heteroatoms. The molecule has 2 N–H and O–H groups in total. The van der Waals surface area contributed by atoms with Gasteiger partial charge in [0.2, 0.25) is 0 Å². The SMILES string of the molecule is CCC(C)[C@H](NC(=O)OC(C)(C)C)C(=O)NN=Cc1ccc2cc(OC)ccc2n1. The fraction of sp³-hybridized carbons (Fsp3) is 0.455. The summed E-state index contributed by atoms with van der Waals surface area (Å²) in [5.74, 6) is 0.241. The van der Waals surface area contributed by atoms with Crippen LogP contribution in [0, 0.1) is 5.92 Å². The third-order valence-corrected chi connectivity index (χ3v) is 4.46. The van der Waals surface area contributed by atoms with E-state index in [-0.39, 0.29) is 5.92 Å². The van der Waals surface area contributed by atoms with Gasteiger partial charge in [-0.2, -0.15) is 5.10 Å². The number of benzene rings is 1. The molecule has 0 fully saturated rings. The third kappa shape index (κ3) is 6.72. The number of amides is 2. The van der Waals surface area contributed by atoms with Gasteiger partial charge in [0.25, 0.3) is 5.91 Å². The molecule has 0 aliphatic rings. The fourth-order valence-corrected chi connectivity index (χ4v) is 2.69. The van der Waals surface area contributed by atoms with Crippen LogP contribution in [0.4, 0.5) is 4.79 Å². The van der Waals surface area contributed by atoms with Gasteiger partial charge in [0, 0.05) is 5.39 Å². The van der Waals surface area contributed by atoms with Gasteiger partial charge in [-0.3, -0.25) is 4.79 Å². The van der Waals surface area contributed by atoms with Gasteiger partial charge in [-0.15, -0.1) is 0 Å². The summed E-state index contributed by atoms with van der Waals surface area (Å²) in [6, 6.07) is 8.51. The largest absolute Gasteiger partial charge is 0.497 e. The molecule has 0 saturated heterocycles. The number of hydrogen-bond acceptors (Lipinski definition) is 6. The average molecular weight is 415 g/mol. The van der Waals surface area contributed by atoms with E-state index in [0.717, 1.165) is 16.7 Å². The van der Waals surface area contributed by atoms with E-state index in [1.165, 1.54) is 6.21 Å². The third-order valence-electron chi connectivity index (χ3n) is 4.46. The van der Waals surface area contributed by atoms with E-state index < -0.39 is 23.6 Å². The molecule has 162 valence electrons. The van der Waals surface area contributed by atoms with Gasteiger partial charge in [0.05, 0.1) is 24.5 Å². The summed E-state index contributed by atoms with van der Waals surface area (Å²) in [5.41, 5.74) is 3.21. The summed E-state index contributed by atoms with van der Waals surface area (Å²) in [5, 5.41) is 7.57. The number of methoxy groups -OCH3 is 1. The van der Waals surface area contributed by atoms with Crippen LogP contribution in [0.3, 0.4) is 0 Å². The van der Waals surface area contributed by atoms with Crippen molar-refractivity contribution in [3.63, 3.8) is 0 Å². The number of ether oxygens (including phenoxy) is 2.